The Balaban J connectivity index is 1.91. The first-order valence-electron chi connectivity index (χ1n) is 9.51. The van der Waals surface area contributed by atoms with E-state index in [9.17, 15) is 25.2 Å². The van der Waals surface area contributed by atoms with Crippen molar-refractivity contribution in [2.75, 3.05) is 6.61 Å². The molecular weight excluding hydrogens is 320 g/mol. The first kappa shape index (κ1) is 17.7. The van der Waals surface area contributed by atoms with Crippen LogP contribution in [0.15, 0.2) is 12.2 Å². The van der Waals surface area contributed by atoms with Crippen LogP contribution in [0.5, 0.6) is 0 Å². The summed E-state index contributed by atoms with van der Waals surface area (Å²) < 4.78 is 0. The van der Waals surface area contributed by atoms with Crippen LogP contribution < -0.4 is 0 Å². The van der Waals surface area contributed by atoms with Gasteiger partial charge in [-0.15, -0.1) is 0 Å². The molecule has 4 saturated carbocycles. The number of carbonyl (C=O) groups excluding carboxylic acids is 1. The molecule has 1 spiro atoms. The minimum Gasteiger partial charge on any atom is -0.396 e. The molecule has 0 heterocycles. The molecule has 0 aromatic heterocycles. The van der Waals surface area contributed by atoms with E-state index in [1.165, 1.54) is 0 Å². The van der Waals surface area contributed by atoms with Crippen molar-refractivity contribution >= 4 is 5.78 Å². The van der Waals surface area contributed by atoms with Gasteiger partial charge < -0.3 is 20.4 Å². The monoisotopic (exact) mass is 350 g/mol. The van der Waals surface area contributed by atoms with Crippen LogP contribution >= 0.6 is 0 Å². The molecule has 140 valence electrons. The minimum atomic E-state index is -1.24. The number of fused-ring (bicyclic) bond motifs is 3. The van der Waals surface area contributed by atoms with Crippen LogP contribution in [0.2, 0.25) is 0 Å². The largest absolute Gasteiger partial charge is 0.396 e. The summed E-state index contributed by atoms with van der Waals surface area (Å²) in [4.78, 5) is 13.2. The van der Waals surface area contributed by atoms with E-state index in [0.29, 0.717) is 12.0 Å². The highest BCUT2D eigenvalue weighted by atomic mass is 16.3. The van der Waals surface area contributed by atoms with Gasteiger partial charge in [-0.3, -0.25) is 4.79 Å². The van der Waals surface area contributed by atoms with Crippen LogP contribution in [0.4, 0.5) is 0 Å². The van der Waals surface area contributed by atoms with Crippen molar-refractivity contribution in [1.29, 1.82) is 0 Å². The van der Waals surface area contributed by atoms with Gasteiger partial charge in [0.1, 0.15) is 5.78 Å². The average Bonchev–Trinajstić information content (AvgIpc) is 2.68. The fourth-order valence-corrected chi connectivity index (χ4v) is 7.47. The lowest BCUT2D eigenvalue weighted by molar-refractivity contribution is -0.247. The van der Waals surface area contributed by atoms with Gasteiger partial charge in [-0.2, -0.15) is 0 Å². The molecule has 0 saturated heterocycles. The highest BCUT2D eigenvalue weighted by Gasteiger charge is 2.75. The molecular formula is C20H30O5. The Labute approximate surface area is 148 Å². The SMILES string of the molecule is C=C1[C@@H](O)[C@@]23[C@H](O)C[C@H]4[C@@](C)(CO)CCC[C@]4(C)[C@H]2C(=O)C[C@@H]1[C@H]3O. The molecule has 0 unspecified atom stereocenters. The zero-order valence-corrected chi connectivity index (χ0v) is 15.1. The summed E-state index contributed by atoms with van der Waals surface area (Å²) in [6.45, 7) is 8.07. The van der Waals surface area contributed by atoms with Crippen LogP contribution in [0.25, 0.3) is 0 Å². The van der Waals surface area contributed by atoms with Gasteiger partial charge in [-0.1, -0.05) is 26.8 Å². The summed E-state index contributed by atoms with van der Waals surface area (Å²) in [6, 6.07) is 0. The molecule has 4 fully saturated rings. The predicted molar refractivity (Wildman–Crippen MR) is 91.5 cm³/mol. The van der Waals surface area contributed by atoms with Crippen LogP contribution in [0.1, 0.15) is 46.0 Å². The third kappa shape index (κ3) is 1.81. The molecule has 0 radical (unpaired) electrons. The summed E-state index contributed by atoms with van der Waals surface area (Å²) >= 11 is 0. The fraction of sp³-hybridized carbons (Fsp3) is 0.850. The Hall–Kier alpha value is -0.750. The number of aliphatic hydroxyl groups is 4. The van der Waals surface area contributed by atoms with E-state index in [2.05, 4.69) is 13.5 Å². The van der Waals surface area contributed by atoms with E-state index in [0.717, 1.165) is 19.3 Å². The van der Waals surface area contributed by atoms with E-state index in [1.807, 2.05) is 6.92 Å². The normalized spacial score (nSPS) is 58.0. The third-order valence-corrected chi connectivity index (χ3v) is 8.60. The van der Waals surface area contributed by atoms with Gasteiger partial charge in [0.25, 0.3) is 0 Å². The van der Waals surface area contributed by atoms with Gasteiger partial charge in [0, 0.05) is 24.9 Å². The van der Waals surface area contributed by atoms with Gasteiger partial charge in [0.2, 0.25) is 0 Å². The molecule has 2 bridgehead atoms. The zero-order chi connectivity index (χ0) is 18.4. The second-order valence-corrected chi connectivity index (χ2v) is 9.61. The number of ketones is 1. The van der Waals surface area contributed by atoms with Crippen molar-refractivity contribution < 1.29 is 25.2 Å². The van der Waals surface area contributed by atoms with Gasteiger partial charge in [0.05, 0.1) is 23.7 Å². The summed E-state index contributed by atoms with van der Waals surface area (Å²) in [5.41, 5.74) is -1.54. The number of hydrogen-bond donors (Lipinski definition) is 4. The number of rotatable bonds is 1. The quantitative estimate of drug-likeness (QED) is 0.530. The van der Waals surface area contributed by atoms with Crippen molar-refractivity contribution in [3.8, 4) is 0 Å². The molecule has 0 amide bonds. The maximum Gasteiger partial charge on any atom is 0.138 e. The molecule has 0 aliphatic heterocycles. The maximum atomic E-state index is 13.2. The number of aliphatic hydroxyl groups excluding tert-OH is 4. The van der Waals surface area contributed by atoms with E-state index in [1.54, 1.807) is 0 Å². The summed E-state index contributed by atoms with van der Waals surface area (Å²) in [6.07, 6.45) is 0.193. The molecule has 0 aromatic carbocycles. The molecule has 4 rings (SSSR count). The Bertz CT molecular complexity index is 632. The van der Waals surface area contributed by atoms with Crippen molar-refractivity contribution in [2.24, 2.45) is 34.0 Å². The minimum absolute atomic E-state index is 0.0156. The Morgan fingerprint density at radius 3 is 2.52 bits per heavy atom. The van der Waals surface area contributed by atoms with E-state index >= 15 is 0 Å². The predicted octanol–water partition coefficient (Wildman–Crippen LogP) is 1.04. The topological polar surface area (TPSA) is 98.0 Å². The summed E-state index contributed by atoms with van der Waals surface area (Å²) in [5, 5.41) is 43.2. The van der Waals surface area contributed by atoms with Gasteiger partial charge in [-0.25, -0.2) is 0 Å². The number of carbonyl (C=O) groups is 1. The second-order valence-electron chi connectivity index (χ2n) is 9.61. The van der Waals surface area contributed by atoms with Crippen LogP contribution in [-0.2, 0) is 4.79 Å². The van der Waals surface area contributed by atoms with Gasteiger partial charge >= 0.3 is 0 Å². The Morgan fingerprint density at radius 1 is 1.20 bits per heavy atom. The lowest BCUT2D eigenvalue weighted by Crippen LogP contribution is -2.70. The van der Waals surface area contributed by atoms with Gasteiger partial charge in [-0.05, 0) is 41.6 Å². The Kier molecular flexibility index (Phi) is 3.64. The van der Waals surface area contributed by atoms with Crippen molar-refractivity contribution in [1.82, 2.24) is 0 Å². The molecule has 4 aliphatic carbocycles. The molecule has 4 aliphatic rings. The van der Waals surface area contributed by atoms with Crippen molar-refractivity contribution in [2.45, 2.75) is 64.3 Å². The second kappa shape index (κ2) is 5.16. The maximum absolute atomic E-state index is 13.2. The third-order valence-electron chi connectivity index (χ3n) is 8.60. The lowest BCUT2D eigenvalue weighted by Gasteiger charge is -2.65. The number of hydrogen-bond acceptors (Lipinski definition) is 5. The first-order valence-corrected chi connectivity index (χ1v) is 9.51. The first-order chi connectivity index (χ1) is 11.6. The molecule has 5 nitrogen and oxygen atoms in total. The van der Waals surface area contributed by atoms with Crippen molar-refractivity contribution in [3.63, 3.8) is 0 Å². The van der Waals surface area contributed by atoms with E-state index < -0.39 is 41.0 Å². The molecule has 5 heteroatoms. The molecule has 0 aromatic rings. The highest BCUT2D eigenvalue weighted by molar-refractivity contribution is 5.86. The number of Topliss-reactive ketones (excluding diaryl/α,β-unsaturated/α-hetero) is 1. The van der Waals surface area contributed by atoms with Crippen LogP contribution in [-0.4, -0.2) is 51.1 Å². The standard InChI is InChI=1S/C20H30O5/c1-10-11-7-12(22)15-19(3)6-4-5-18(2,9-21)13(19)8-14(23)20(15,16(10)24)17(11)25/h11,13-17,21,23-25H,1,4-9H2,2-3H3/t11-,13-,14+,15+,16+,17+,18+,19-,20+/m0/s1. The van der Waals surface area contributed by atoms with Crippen LogP contribution in [0, 0.1) is 34.0 Å². The average molecular weight is 350 g/mol. The molecule has 9 atom stereocenters. The molecule has 4 N–H and O–H groups in total. The lowest BCUT2D eigenvalue weighted by atomic mass is 9.39. The van der Waals surface area contributed by atoms with Gasteiger partial charge in [0.15, 0.2) is 0 Å². The summed E-state index contributed by atoms with van der Waals surface area (Å²) in [7, 11) is 0. The summed E-state index contributed by atoms with van der Waals surface area (Å²) in [5.74, 6) is -1.04. The van der Waals surface area contributed by atoms with Crippen molar-refractivity contribution in [3.05, 3.63) is 12.2 Å². The highest BCUT2D eigenvalue weighted by Crippen LogP contribution is 2.71. The Morgan fingerprint density at radius 2 is 1.88 bits per heavy atom. The molecule has 25 heavy (non-hydrogen) atoms. The zero-order valence-electron chi connectivity index (χ0n) is 15.1. The fourth-order valence-electron chi connectivity index (χ4n) is 7.47. The van der Waals surface area contributed by atoms with E-state index in [-0.39, 0.29) is 30.1 Å². The smallest absolute Gasteiger partial charge is 0.138 e. The van der Waals surface area contributed by atoms with Crippen LogP contribution in [0.3, 0.4) is 0 Å². The van der Waals surface area contributed by atoms with E-state index in [4.69, 9.17) is 0 Å².